The highest BCUT2D eigenvalue weighted by Gasteiger charge is 2.19. The molecule has 0 aliphatic carbocycles. The average molecular weight is 311 g/mol. The Morgan fingerprint density at radius 3 is 3.00 bits per heavy atom. The van der Waals surface area contributed by atoms with Gasteiger partial charge >= 0.3 is 0 Å². The van der Waals surface area contributed by atoms with Crippen molar-refractivity contribution in [3.8, 4) is 0 Å². The molecule has 2 aliphatic rings. The number of rotatable bonds is 4. The average Bonchev–Trinajstić information content (AvgIpc) is 3.05. The minimum atomic E-state index is 0.438. The van der Waals surface area contributed by atoms with Crippen molar-refractivity contribution in [1.29, 1.82) is 0 Å². The third-order valence-electron chi connectivity index (χ3n) is 3.87. The fourth-order valence-electron chi connectivity index (χ4n) is 2.76. The molecule has 0 bridgehead atoms. The summed E-state index contributed by atoms with van der Waals surface area (Å²) < 4.78 is 11.1. The molecule has 2 aliphatic heterocycles. The van der Waals surface area contributed by atoms with Crippen LogP contribution >= 0.6 is 15.9 Å². The van der Waals surface area contributed by atoms with Crippen LogP contribution < -0.4 is 0 Å². The van der Waals surface area contributed by atoms with Crippen molar-refractivity contribution in [2.24, 2.45) is 0 Å². The van der Waals surface area contributed by atoms with Gasteiger partial charge in [-0.1, -0.05) is 34.1 Å². The Morgan fingerprint density at radius 2 is 2.17 bits per heavy atom. The summed E-state index contributed by atoms with van der Waals surface area (Å²) in [5.74, 6) is 0. The van der Waals surface area contributed by atoms with Crippen molar-refractivity contribution in [3.63, 3.8) is 0 Å². The molecule has 0 radical (unpaired) electrons. The van der Waals surface area contributed by atoms with Crippen LogP contribution in [0.2, 0.25) is 0 Å². The summed E-state index contributed by atoms with van der Waals surface area (Å²) in [5, 5.41) is 0. The van der Waals surface area contributed by atoms with E-state index in [1.54, 1.807) is 0 Å². The zero-order chi connectivity index (χ0) is 12.4. The number of ether oxygens (including phenoxy) is 2. The van der Waals surface area contributed by atoms with Crippen molar-refractivity contribution in [3.05, 3.63) is 34.9 Å². The summed E-state index contributed by atoms with van der Waals surface area (Å²) in [6.45, 7) is 2.50. The van der Waals surface area contributed by atoms with Crippen LogP contribution in [0.25, 0.3) is 0 Å². The molecule has 2 heterocycles. The highest BCUT2D eigenvalue weighted by Crippen LogP contribution is 2.33. The molecule has 18 heavy (non-hydrogen) atoms. The molecule has 2 atom stereocenters. The van der Waals surface area contributed by atoms with E-state index >= 15 is 0 Å². The van der Waals surface area contributed by atoms with E-state index in [9.17, 15) is 0 Å². The van der Waals surface area contributed by atoms with Gasteiger partial charge in [0.25, 0.3) is 0 Å². The van der Waals surface area contributed by atoms with E-state index in [1.165, 1.54) is 29.5 Å². The largest absolute Gasteiger partial charge is 0.378 e. The molecular weight excluding hydrogens is 292 g/mol. The van der Waals surface area contributed by atoms with Gasteiger partial charge in [-0.2, -0.15) is 0 Å². The van der Waals surface area contributed by atoms with E-state index in [1.807, 2.05) is 0 Å². The van der Waals surface area contributed by atoms with E-state index in [0.717, 1.165) is 32.7 Å². The number of benzene rings is 1. The minimum Gasteiger partial charge on any atom is -0.378 e. The van der Waals surface area contributed by atoms with Gasteiger partial charge in [0.2, 0.25) is 0 Å². The first-order chi connectivity index (χ1) is 8.83. The molecule has 3 rings (SSSR count). The molecule has 1 fully saturated rings. The first-order valence-electron chi connectivity index (χ1n) is 6.78. The van der Waals surface area contributed by atoms with Crippen molar-refractivity contribution < 1.29 is 9.47 Å². The van der Waals surface area contributed by atoms with Gasteiger partial charge < -0.3 is 9.47 Å². The third kappa shape index (κ3) is 2.79. The lowest BCUT2D eigenvalue weighted by Crippen LogP contribution is -2.06. The summed E-state index contributed by atoms with van der Waals surface area (Å²) in [7, 11) is 0. The molecule has 98 valence electrons. The van der Waals surface area contributed by atoms with E-state index in [2.05, 4.69) is 34.1 Å². The van der Waals surface area contributed by atoms with Crippen LogP contribution in [-0.2, 0) is 22.7 Å². The summed E-state index contributed by atoms with van der Waals surface area (Å²) in [6.07, 6.45) is 5.25. The normalized spacial score (nSPS) is 24.2. The maximum Gasteiger partial charge on any atom is 0.0725 e. The van der Waals surface area contributed by atoms with Gasteiger partial charge in [-0.05, 0) is 42.4 Å². The number of hydrogen-bond donors (Lipinski definition) is 0. The van der Waals surface area contributed by atoms with E-state index in [-0.39, 0.29) is 0 Å². The van der Waals surface area contributed by atoms with Crippen LogP contribution in [0, 0.1) is 0 Å². The second-order valence-electron chi connectivity index (χ2n) is 5.20. The molecule has 2 unspecified atom stereocenters. The van der Waals surface area contributed by atoms with Crippen LogP contribution in [0.4, 0.5) is 0 Å². The van der Waals surface area contributed by atoms with Gasteiger partial charge in [0.15, 0.2) is 0 Å². The zero-order valence-corrected chi connectivity index (χ0v) is 12.1. The predicted molar refractivity (Wildman–Crippen MR) is 74.8 cm³/mol. The number of hydrogen-bond acceptors (Lipinski definition) is 2. The molecule has 3 heteroatoms. The van der Waals surface area contributed by atoms with Crippen molar-refractivity contribution in [1.82, 2.24) is 0 Å². The maximum atomic E-state index is 5.67. The van der Waals surface area contributed by atoms with Gasteiger partial charge in [0, 0.05) is 11.4 Å². The second kappa shape index (κ2) is 5.72. The monoisotopic (exact) mass is 310 g/mol. The molecule has 0 N–H and O–H groups in total. The number of halogens is 1. The van der Waals surface area contributed by atoms with Crippen molar-refractivity contribution in [2.75, 3.05) is 6.61 Å². The number of alkyl halides is 1. The molecule has 0 amide bonds. The Morgan fingerprint density at radius 1 is 1.28 bits per heavy atom. The van der Waals surface area contributed by atoms with Crippen LogP contribution in [-0.4, -0.2) is 12.7 Å². The SMILES string of the molecule is BrC(CCC1CCCO1)c1ccc2c(c1)COC2. The summed E-state index contributed by atoms with van der Waals surface area (Å²) in [4.78, 5) is 0.438. The number of fused-ring (bicyclic) bond motifs is 1. The molecule has 0 spiro atoms. The molecule has 1 saturated heterocycles. The van der Waals surface area contributed by atoms with Gasteiger partial charge in [-0.25, -0.2) is 0 Å². The lowest BCUT2D eigenvalue weighted by atomic mass is 10.0. The highest BCUT2D eigenvalue weighted by molar-refractivity contribution is 9.09. The van der Waals surface area contributed by atoms with Gasteiger partial charge in [-0.15, -0.1) is 0 Å². The third-order valence-corrected chi connectivity index (χ3v) is 4.86. The van der Waals surface area contributed by atoms with Crippen LogP contribution in [0.15, 0.2) is 18.2 Å². The standard InChI is InChI=1S/C15H19BrO2/c16-15(6-5-14-2-1-7-18-14)11-3-4-12-9-17-10-13(12)8-11/h3-4,8,14-15H,1-2,5-7,9-10H2. The summed E-state index contributed by atoms with van der Waals surface area (Å²) in [5.41, 5.74) is 4.07. The van der Waals surface area contributed by atoms with Crippen molar-refractivity contribution in [2.45, 2.75) is 49.8 Å². The Labute approximate surface area is 117 Å². The topological polar surface area (TPSA) is 18.5 Å². The van der Waals surface area contributed by atoms with Crippen LogP contribution in [0.1, 0.15) is 47.2 Å². The first kappa shape index (κ1) is 12.6. The van der Waals surface area contributed by atoms with Gasteiger partial charge in [-0.3, -0.25) is 0 Å². The van der Waals surface area contributed by atoms with E-state index in [0.29, 0.717) is 10.9 Å². The van der Waals surface area contributed by atoms with E-state index < -0.39 is 0 Å². The molecule has 1 aromatic rings. The van der Waals surface area contributed by atoms with Crippen molar-refractivity contribution >= 4 is 15.9 Å². The lowest BCUT2D eigenvalue weighted by Gasteiger charge is -2.14. The predicted octanol–water partition coefficient (Wildman–Crippen LogP) is 4.11. The van der Waals surface area contributed by atoms with E-state index in [4.69, 9.17) is 9.47 Å². The Hall–Kier alpha value is -0.380. The Bertz CT molecular complexity index is 413. The zero-order valence-electron chi connectivity index (χ0n) is 10.5. The van der Waals surface area contributed by atoms with Gasteiger partial charge in [0.1, 0.15) is 0 Å². The summed E-state index contributed by atoms with van der Waals surface area (Å²) >= 11 is 3.81. The fourth-order valence-corrected chi connectivity index (χ4v) is 3.31. The van der Waals surface area contributed by atoms with Crippen LogP contribution in [0.3, 0.4) is 0 Å². The molecule has 0 saturated carbocycles. The molecule has 1 aromatic carbocycles. The highest BCUT2D eigenvalue weighted by atomic mass is 79.9. The fraction of sp³-hybridized carbons (Fsp3) is 0.600. The van der Waals surface area contributed by atoms with Crippen LogP contribution in [0.5, 0.6) is 0 Å². The molecular formula is C15H19BrO2. The Kier molecular flexibility index (Phi) is 4.02. The quantitative estimate of drug-likeness (QED) is 0.779. The maximum absolute atomic E-state index is 5.67. The molecule has 2 nitrogen and oxygen atoms in total. The first-order valence-corrected chi connectivity index (χ1v) is 7.69. The lowest BCUT2D eigenvalue weighted by molar-refractivity contribution is 0.102. The Balaban J connectivity index is 1.59. The van der Waals surface area contributed by atoms with Gasteiger partial charge in [0.05, 0.1) is 19.3 Å². The summed E-state index contributed by atoms with van der Waals surface area (Å²) in [6, 6.07) is 6.72. The minimum absolute atomic E-state index is 0.438. The smallest absolute Gasteiger partial charge is 0.0725 e. The molecule has 0 aromatic heterocycles. The second-order valence-corrected chi connectivity index (χ2v) is 6.31.